The van der Waals surface area contributed by atoms with E-state index in [0.29, 0.717) is 18.4 Å². The van der Waals surface area contributed by atoms with E-state index in [2.05, 4.69) is 17.3 Å². The normalized spacial score (nSPS) is 16.5. The molecular weight excluding hydrogens is 340 g/mol. The van der Waals surface area contributed by atoms with Crippen molar-refractivity contribution in [2.24, 2.45) is 0 Å². The predicted octanol–water partition coefficient (Wildman–Crippen LogP) is 3.24. The molecule has 27 heavy (non-hydrogen) atoms. The average molecular weight is 368 g/mol. The van der Waals surface area contributed by atoms with Crippen molar-refractivity contribution in [2.45, 2.75) is 38.5 Å². The molecule has 0 unspecified atom stereocenters. The summed E-state index contributed by atoms with van der Waals surface area (Å²) in [7, 11) is 2.14. The van der Waals surface area contributed by atoms with Gasteiger partial charge < -0.3 is 19.7 Å². The van der Waals surface area contributed by atoms with Crippen LogP contribution in [-0.2, 0) is 11.3 Å². The van der Waals surface area contributed by atoms with Gasteiger partial charge in [0, 0.05) is 19.6 Å². The maximum absolute atomic E-state index is 12.2. The molecule has 0 aliphatic carbocycles. The standard InChI is InChI=1S/C22H28N2O3/c1-17(26-19-6-4-3-5-7-19)22(25)23-16-18-8-10-20(11-9-18)27-21-12-14-24(2)15-13-21/h3-11,17,21H,12-16H2,1-2H3,(H,23,25)/t17-/m1/s1. The Bertz CT molecular complexity index is 710. The van der Waals surface area contributed by atoms with Crippen molar-refractivity contribution >= 4 is 5.91 Å². The first-order valence-electron chi connectivity index (χ1n) is 9.54. The Labute approximate surface area is 161 Å². The Morgan fingerprint density at radius 2 is 1.74 bits per heavy atom. The van der Waals surface area contributed by atoms with Gasteiger partial charge in [0.1, 0.15) is 17.6 Å². The second kappa shape index (κ2) is 9.42. The quantitative estimate of drug-likeness (QED) is 0.815. The molecule has 0 bridgehead atoms. The molecule has 0 aromatic heterocycles. The van der Waals surface area contributed by atoms with Crippen LogP contribution < -0.4 is 14.8 Å². The van der Waals surface area contributed by atoms with Crippen molar-refractivity contribution in [2.75, 3.05) is 20.1 Å². The number of hydrogen-bond acceptors (Lipinski definition) is 4. The first-order chi connectivity index (χ1) is 13.1. The highest BCUT2D eigenvalue weighted by Crippen LogP contribution is 2.19. The van der Waals surface area contributed by atoms with Gasteiger partial charge in [-0.25, -0.2) is 0 Å². The lowest BCUT2D eigenvalue weighted by molar-refractivity contribution is -0.127. The Kier molecular flexibility index (Phi) is 6.71. The fourth-order valence-electron chi connectivity index (χ4n) is 3.07. The van der Waals surface area contributed by atoms with Crippen molar-refractivity contribution in [3.8, 4) is 11.5 Å². The van der Waals surface area contributed by atoms with E-state index >= 15 is 0 Å². The van der Waals surface area contributed by atoms with Gasteiger partial charge in [-0.15, -0.1) is 0 Å². The molecule has 5 heteroatoms. The van der Waals surface area contributed by atoms with Crippen LogP contribution in [0.4, 0.5) is 0 Å². The summed E-state index contributed by atoms with van der Waals surface area (Å²) >= 11 is 0. The third kappa shape index (κ3) is 6.00. The van der Waals surface area contributed by atoms with Gasteiger partial charge in [-0.05, 0) is 56.6 Å². The number of hydrogen-bond donors (Lipinski definition) is 1. The fraction of sp³-hybridized carbons (Fsp3) is 0.409. The molecule has 2 aromatic rings. The van der Waals surface area contributed by atoms with Crippen LogP contribution >= 0.6 is 0 Å². The highest BCUT2D eigenvalue weighted by molar-refractivity contribution is 5.80. The third-order valence-corrected chi connectivity index (χ3v) is 4.78. The zero-order chi connectivity index (χ0) is 19.1. The largest absolute Gasteiger partial charge is 0.490 e. The maximum atomic E-state index is 12.2. The molecule has 1 aliphatic heterocycles. The van der Waals surface area contributed by atoms with Gasteiger partial charge in [-0.3, -0.25) is 4.79 Å². The van der Waals surface area contributed by atoms with Gasteiger partial charge in [0.2, 0.25) is 0 Å². The number of ether oxygens (including phenoxy) is 2. The van der Waals surface area contributed by atoms with Gasteiger partial charge >= 0.3 is 0 Å². The van der Waals surface area contributed by atoms with Crippen molar-refractivity contribution in [3.05, 3.63) is 60.2 Å². The Hall–Kier alpha value is -2.53. The van der Waals surface area contributed by atoms with Crippen LogP contribution in [0.3, 0.4) is 0 Å². The van der Waals surface area contributed by atoms with E-state index in [0.717, 1.165) is 37.2 Å². The number of para-hydroxylation sites is 1. The SMILES string of the molecule is C[C@@H](Oc1ccccc1)C(=O)NCc1ccc(OC2CCN(C)CC2)cc1. The van der Waals surface area contributed by atoms with Crippen molar-refractivity contribution in [1.82, 2.24) is 10.2 Å². The molecule has 0 saturated carbocycles. The van der Waals surface area contributed by atoms with E-state index in [4.69, 9.17) is 9.47 Å². The lowest BCUT2D eigenvalue weighted by Crippen LogP contribution is -2.36. The van der Waals surface area contributed by atoms with Crippen LogP contribution in [0.5, 0.6) is 11.5 Å². The lowest BCUT2D eigenvalue weighted by atomic mass is 10.1. The minimum Gasteiger partial charge on any atom is -0.490 e. The van der Waals surface area contributed by atoms with Crippen LogP contribution in [0.2, 0.25) is 0 Å². The van der Waals surface area contributed by atoms with E-state index < -0.39 is 6.10 Å². The van der Waals surface area contributed by atoms with E-state index in [1.54, 1.807) is 6.92 Å². The van der Waals surface area contributed by atoms with E-state index in [1.165, 1.54) is 0 Å². The number of benzene rings is 2. The van der Waals surface area contributed by atoms with Crippen LogP contribution in [0.25, 0.3) is 0 Å². The van der Waals surface area contributed by atoms with Crippen molar-refractivity contribution in [3.63, 3.8) is 0 Å². The van der Waals surface area contributed by atoms with Crippen LogP contribution in [0, 0.1) is 0 Å². The maximum Gasteiger partial charge on any atom is 0.261 e. The smallest absolute Gasteiger partial charge is 0.261 e. The second-order valence-electron chi connectivity index (χ2n) is 7.06. The molecular formula is C22H28N2O3. The minimum absolute atomic E-state index is 0.134. The first kappa shape index (κ1) is 19.2. The zero-order valence-corrected chi connectivity index (χ0v) is 16.1. The molecule has 1 saturated heterocycles. The Morgan fingerprint density at radius 1 is 1.07 bits per heavy atom. The Morgan fingerprint density at radius 3 is 2.41 bits per heavy atom. The highest BCUT2D eigenvalue weighted by atomic mass is 16.5. The Balaban J connectivity index is 1.43. The van der Waals surface area contributed by atoms with Gasteiger partial charge in [-0.1, -0.05) is 30.3 Å². The molecule has 0 radical (unpaired) electrons. The summed E-state index contributed by atoms with van der Waals surface area (Å²) in [5.41, 5.74) is 1.03. The summed E-state index contributed by atoms with van der Waals surface area (Å²) in [4.78, 5) is 14.5. The van der Waals surface area contributed by atoms with Crippen LogP contribution in [0.1, 0.15) is 25.3 Å². The lowest BCUT2D eigenvalue weighted by Gasteiger charge is -2.29. The molecule has 2 aromatic carbocycles. The van der Waals surface area contributed by atoms with Gasteiger partial charge in [-0.2, -0.15) is 0 Å². The van der Waals surface area contributed by atoms with Gasteiger partial charge in [0.15, 0.2) is 6.10 Å². The minimum atomic E-state index is -0.542. The van der Waals surface area contributed by atoms with E-state index in [9.17, 15) is 4.79 Å². The predicted molar refractivity (Wildman–Crippen MR) is 106 cm³/mol. The summed E-state index contributed by atoms with van der Waals surface area (Å²) in [5, 5.41) is 2.91. The first-order valence-corrected chi connectivity index (χ1v) is 9.54. The number of nitrogens with zero attached hydrogens (tertiary/aromatic N) is 1. The second-order valence-corrected chi connectivity index (χ2v) is 7.06. The summed E-state index contributed by atoms with van der Waals surface area (Å²) in [5.74, 6) is 1.45. The number of carbonyl (C=O) groups is 1. The molecule has 0 spiro atoms. The van der Waals surface area contributed by atoms with Crippen LogP contribution in [-0.4, -0.2) is 43.2 Å². The van der Waals surface area contributed by atoms with Crippen molar-refractivity contribution < 1.29 is 14.3 Å². The van der Waals surface area contributed by atoms with Gasteiger partial charge in [0.05, 0.1) is 0 Å². The van der Waals surface area contributed by atoms with Crippen LogP contribution in [0.15, 0.2) is 54.6 Å². The molecule has 1 heterocycles. The molecule has 3 rings (SSSR count). The number of piperidine rings is 1. The number of amides is 1. The number of nitrogens with one attached hydrogen (secondary N) is 1. The summed E-state index contributed by atoms with van der Waals surface area (Å²) < 4.78 is 11.7. The van der Waals surface area contributed by atoms with Crippen molar-refractivity contribution in [1.29, 1.82) is 0 Å². The zero-order valence-electron chi connectivity index (χ0n) is 16.1. The molecule has 1 aliphatic rings. The topological polar surface area (TPSA) is 50.8 Å². The third-order valence-electron chi connectivity index (χ3n) is 4.78. The molecule has 144 valence electrons. The number of likely N-dealkylation sites (tertiary alicyclic amines) is 1. The number of rotatable bonds is 7. The molecule has 1 amide bonds. The molecule has 1 fully saturated rings. The monoisotopic (exact) mass is 368 g/mol. The molecule has 5 nitrogen and oxygen atoms in total. The van der Waals surface area contributed by atoms with E-state index in [1.807, 2.05) is 54.6 Å². The summed E-state index contributed by atoms with van der Waals surface area (Å²) in [6.07, 6.45) is 1.88. The highest BCUT2D eigenvalue weighted by Gasteiger charge is 2.18. The van der Waals surface area contributed by atoms with E-state index in [-0.39, 0.29) is 5.91 Å². The average Bonchev–Trinajstić information content (AvgIpc) is 2.69. The summed E-state index contributed by atoms with van der Waals surface area (Å²) in [6, 6.07) is 17.3. The van der Waals surface area contributed by atoms with Gasteiger partial charge in [0.25, 0.3) is 5.91 Å². The fourth-order valence-corrected chi connectivity index (χ4v) is 3.07. The molecule has 1 N–H and O–H groups in total. The molecule has 1 atom stereocenters. The number of carbonyl (C=O) groups excluding carboxylic acids is 1. The summed E-state index contributed by atoms with van der Waals surface area (Å²) in [6.45, 7) is 4.38.